The second-order valence-electron chi connectivity index (χ2n) is 31.2. The van der Waals surface area contributed by atoms with Crippen LogP contribution in [0.1, 0.15) is 221 Å². The molecule has 7 aliphatic heterocycles. The molecule has 422 valence electrons. The van der Waals surface area contributed by atoms with Gasteiger partial charge >= 0.3 is 11.9 Å². The van der Waals surface area contributed by atoms with E-state index in [9.17, 15) is 5.11 Å². The molecule has 79 heavy (non-hydrogen) atoms. The predicted octanol–water partition coefficient (Wildman–Crippen LogP) is 14.3. The van der Waals surface area contributed by atoms with Crippen molar-refractivity contribution in [2.75, 3.05) is 19.6 Å². The average Bonchev–Trinajstić information content (AvgIpc) is 1.80. The summed E-state index contributed by atoms with van der Waals surface area (Å²) in [6.07, 6.45) is 44.4. The van der Waals surface area contributed by atoms with Crippen molar-refractivity contribution in [3.63, 3.8) is 0 Å². The fourth-order valence-electron chi connectivity index (χ4n) is 26.8. The number of esters is 2. The molecule has 4 saturated heterocycles. The van der Waals surface area contributed by atoms with Gasteiger partial charge in [0.05, 0.1) is 11.0 Å². The summed E-state index contributed by atoms with van der Waals surface area (Å²) in [5.41, 5.74) is 13.2. The van der Waals surface area contributed by atoms with Crippen LogP contribution in [0.15, 0.2) is 64.3 Å². The Bertz CT molecular complexity index is 2870. The summed E-state index contributed by atoms with van der Waals surface area (Å²) in [6.45, 7) is 2.89. The Morgan fingerprint density at radius 1 is 0.709 bits per heavy atom. The van der Waals surface area contributed by atoms with Crippen molar-refractivity contribution in [3.8, 4) is 0 Å². The van der Waals surface area contributed by atoms with Crippen molar-refractivity contribution in [3.05, 3.63) is 81.0 Å². The Labute approximate surface area is 471 Å². The van der Waals surface area contributed by atoms with Crippen molar-refractivity contribution in [1.29, 1.82) is 0 Å². The molecule has 17 aliphatic rings. The number of benzene rings is 1. The monoisotopic (exact) mass is 1070 g/mol. The fraction of sp³-hybridized carbons (Fsp3) is 0.775. The topological polar surface area (TPSA) is 105 Å². The first-order valence-corrected chi connectivity index (χ1v) is 34.1. The van der Waals surface area contributed by atoms with Crippen LogP contribution in [-0.2, 0) is 26.3 Å². The van der Waals surface area contributed by atoms with Gasteiger partial charge in [0.25, 0.3) is 0 Å². The van der Waals surface area contributed by atoms with Crippen LogP contribution in [0.25, 0.3) is 0 Å². The zero-order chi connectivity index (χ0) is 52.4. The van der Waals surface area contributed by atoms with E-state index in [1.54, 1.807) is 11.3 Å². The summed E-state index contributed by atoms with van der Waals surface area (Å²) >= 11 is 0. The molecule has 5 spiro atoms. The van der Waals surface area contributed by atoms with Crippen molar-refractivity contribution in [2.24, 2.45) is 98.4 Å². The van der Waals surface area contributed by atoms with Crippen LogP contribution < -0.4 is 5.73 Å². The highest BCUT2D eigenvalue weighted by Gasteiger charge is 2.94. The van der Waals surface area contributed by atoms with Crippen LogP contribution >= 0.6 is 0 Å². The minimum absolute atomic E-state index is 0.104. The fourth-order valence-corrected chi connectivity index (χ4v) is 26.8. The highest BCUT2D eigenvalue weighted by Crippen LogP contribution is 2.89. The number of aliphatic hydroxyl groups excluding tert-OH is 1. The number of aryl methyl sites for hydroxylation is 1. The number of rotatable bonds is 6. The van der Waals surface area contributed by atoms with Crippen molar-refractivity contribution in [2.45, 2.75) is 229 Å². The third kappa shape index (κ3) is 6.03. The second kappa shape index (κ2) is 17.4. The van der Waals surface area contributed by atoms with Gasteiger partial charge in [0.15, 0.2) is 11.4 Å². The molecule has 0 radical (unpaired) electrons. The molecule has 1 aromatic rings. The minimum atomic E-state index is -1.14. The number of allylic oxidation sites excluding steroid dienone is 4. The van der Waals surface area contributed by atoms with Gasteiger partial charge in [0, 0.05) is 60.2 Å². The van der Waals surface area contributed by atoms with Gasteiger partial charge in [0.1, 0.15) is 11.2 Å². The number of nitrogens with two attached hydrogens (primary N) is 1. The van der Waals surface area contributed by atoms with Gasteiger partial charge < -0.3 is 25.2 Å². The molecule has 7 heterocycles. The molecule has 7 bridgehead atoms. The van der Waals surface area contributed by atoms with Gasteiger partial charge in [-0.25, -0.2) is 4.79 Å². The first-order chi connectivity index (χ1) is 38.7. The highest BCUT2D eigenvalue weighted by atomic mass is 16.6. The zero-order valence-corrected chi connectivity index (χ0v) is 47.8. The quantitative estimate of drug-likeness (QED) is 0.214. The number of nitrogens with zero attached hydrogens (tertiary/aromatic N) is 2. The van der Waals surface area contributed by atoms with E-state index in [-0.39, 0.29) is 41.7 Å². The van der Waals surface area contributed by atoms with E-state index in [0.717, 1.165) is 74.1 Å². The van der Waals surface area contributed by atoms with Crippen molar-refractivity contribution < 1.29 is 24.2 Å². The SMILES string of the molecule is NCCCc1cccc2c1C(=O)O[C@@]21[C@H]2C[C@H](C3CCCCC3)/C=C\[C@@H]3C[C@@H]4[C@@H]5C6=C3[C@@]23C(=O)O/C(=C(/O)[C@@H]2CC[C@@H]7[C@H]8C[C@@H](CN7[C@H]2C2CC7(CCCC7)C7(CCCC7)C2)[C@H]2CCC(=C5N2C8)C[C@H]4C2CCCCC2)[C@]31CC6. The molecular formula is C71H93N3O5. The Morgan fingerprint density at radius 2 is 1.46 bits per heavy atom. The molecule has 3 N–H and O–H groups in total. The van der Waals surface area contributed by atoms with Crippen LogP contribution in [0.4, 0.5) is 0 Å². The van der Waals surface area contributed by atoms with Crippen molar-refractivity contribution in [1.82, 2.24) is 9.80 Å². The normalized spacial score (nSPS) is 46.4. The zero-order valence-electron chi connectivity index (χ0n) is 47.8. The van der Waals surface area contributed by atoms with Crippen LogP contribution in [-0.4, -0.2) is 64.6 Å². The lowest BCUT2D eigenvalue weighted by atomic mass is 9.27. The summed E-state index contributed by atoms with van der Waals surface area (Å²) in [5.74, 6) is 5.21. The third-order valence-corrected chi connectivity index (χ3v) is 29.1. The molecule has 1 aromatic carbocycles. The van der Waals surface area contributed by atoms with Crippen LogP contribution in [0.3, 0.4) is 0 Å². The van der Waals surface area contributed by atoms with Gasteiger partial charge in [-0.2, -0.15) is 0 Å². The Morgan fingerprint density at radius 3 is 2.22 bits per heavy atom. The summed E-state index contributed by atoms with van der Waals surface area (Å²) < 4.78 is 15.1. The largest absolute Gasteiger partial charge is 0.508 e. The molecule has 0 aromatic heterocycles. The molecule has 0 amide bonds. The minimum Gasteiger partial charge on any atom is -0.508 e. The Balaban J connectivity index is 0.914. The van der Waals surface area contributed by atoms with Gasteiger partial charge in [0.2, 0.25) is 0 Å². The van der Waals surface area contributed by atoms with Gasteiger partial charge in [-0.15, -0.1) is 0 Å². The lowest BCUT2D eigenvalue weighted by Gasteiger charge is -2.73. The van der Waals surface area contributed by atoms with Crippen LogP contribution in [0.2, 0.25) is 0 Å². The maximum absolute atomic E-state index is 17.0. The maximum Gasteiger partial charge on any atom is 0.339 e. The smallest absolute Gasteiger partial charge is 0.339 e. The predicted molar refractivity (Wildman–Crippen MR) is 305 cm³/mol. The van der Waals surface area contributed by atoms with E-state index in [2.05, 4.69) is 40.2 Å². The number of piperidine rings is 3. The molecule has 15 atom stereocenters. The maximum atomic E-state index is 17.0. The number of carbonyl (C=O) groups is 2. The first-order valence-electron chi connectivity index (χ1n) is 34.1. The number of hydrogen-bond donors (Lipinski definition) is 2. The summed E-state index contributed by atoms with van der Waals surface area (Å²) in [6, 6.07) is 7.86. The molecule has 8 nitrogen and oxygen atoms in total. The molecule has 10 aliphatic carbocycles. The van der Waals surface area contributed by atoms with Gasteiger partial charge in [-0.05, 0) is 210 Å². The lowest BCUT2D eigenvalue weighted by Crippen LogP contribution is -2.78. The summed E-state index contributed by atoms with van der Waals surface area (Å²) in [4.78, 5) is 38.9. The Kier molecular flexibility index (Phi) is 10.8. The summed E-state index contributed by atoms with van der Waals surface area (Å²) in [7, 11) is 0. The standard InChI is InChI=1S/C71H93N3O5/c72-32-12-18-43-17-11-19-54-58(43)65(76)79-71(54)57-36-44(41-13-3-1-4-14-41)20-21-45-34-53-52(42-15-5-2-6-16-42)35-46-22-24-55-47-33-48-40-74(55)62(46)59(53)50-26-31-69(71)64(78-66(77)70(57,69)60(45)50)63(75)51-23-25-56(48)73(39-47)61(51)49-37-67(27-7-8-28-67)68(38-49)29-9-10-30-68/h11,17,19-21,41-42,44-45,47-49,51-53,55-57,59,61,75H,1-10,12-16,18,22-40,72H2/b21-20-,64-63+/t44-,45-,47+,48+,51-,52+,53+,55-,56-,57+,59+,61+,69-,70-,71-/m1/s1. The number of carbonyl (C=O) groups excluding carboxylic acids is 2. The van der Waals surface area contributed by atoms with Gasteiger partial charge in [-0.1, -0.05) is 119 Å². The van der Waals surface area contributed by atoms with Crippen LogP contribution in [0, 0.1) is 92.7 Å². The van der Waals surface area contributed by atoms with Crippen LogP contribution in [0.5, 0.6) is 0 Å². The molecule has 18 rings (SSSR count). The lowest BCUT2D eigenvalue weighted by molar-refractivity contribution is -0.282. The Hall–Kier alpha value is -3.36. The van der Waals surface area contributed by atoms with E-state index in [0.29, 0.717) is 88.8 Å². The van der Waals surface area contributed by atoms with E-state index in [1.165, 1.54) is 166 Å². The van der Waals surface area contributed by atoms with Gasteiger partial charge in [-0.3, -0.25) is 9.69 Å². The molecule has 6 saturated carbocycles. The van der Waals surface area contributed by atoms with E-state index in [4.69, 9.17) is 15.2 Å². The number of hydrogen-bond acceptors (Lipinski definition) is 8. The highest BCUT2D eigenvalue weighted by molar-refractivity contribution is 6.00. The van der Waals surface area contributed by atoms with E-state index >= 15 is 9.59 Å². The number of fused-ring (bicyclic) bond motifs is 9. The number of aliphatic hydroxyl groups is 1. The van der Waals surface area contributed by atoms with Crippen molar-refractivity contribution >= 4 is 11.9 Å². The molecular weight excluding hydrogens is 975 g/mol. The second-order valence-corrected chi connectivity index (χ2v) is 31.2. The molecule has 0 unspecified atom stereocenters. The van der Waals surface area contributed by atoms with E-state index in [1.807, 2.05) is 5.57 Å². The average molecular weight is 1070 g/mol. The molecule has 10 fully saturated rings. The molecule has 8 heteroatoms. The van der Waals surface area contributed by atoms with E-state index < -0.39 is 16.4 Å². The summed E-state index contributed by atoms with van der Waals surface area (Å²) in [5, 5.41) is 14.5. The third-order valence-electron chi connectivity index (χ3n) is 29.1. The first kappa shape index (κ1) is 49.1. The number of ether oxygens (including phenoxy) is 2.